The fourth-order valence-corrected chi connectivity index (χ4v) is 3.29. The van der Waals surface area contributed by atoms with E-state index in [2.05, 4.69) is 5.32 Å². The highest BCUT2D eigenvalue weighted by atomic mass is 35.5. The molecule has 0 bridgehead atoms. The predicted molar refractivity (Wildman–Crippen MR) is 94.1 cm³/mol. The lowest BCUT2D eigenvalue weighted by molar-refractivity contribution is 0.156. The summed E-state index contributed by atoms with van der Waals surface area (Å²) < 4.78 is 5.34. The molecule has 5 heteroatoms. The summed E-state index contributed by atoms with van der Waals surface area (Å²) >= 11 is 5.82. The largest absolute Gasteiger partial charge is 0.414 e. The molecule has 1 saturated carbocycles. The van der Waals surface area contributed by atoms with Crippen molar-refractivity contribution in [1.82, 2.24) is 10.2 Å². The Labute approximate surface area is 144 Å². The molecule has 128 valence electrons. The van der Waals surface area contributed by atoms with E-state index in [1.807, 2.05) is 7.05 Å². The van der Waals surface area contributed by atoms with Gasteiger partial charge < -0.3 is 15.0 Å². The molecule has 1 aromatic carbocycles. The zero-order valence-corrected chi connectivity index (χ0v) is 14.8. The summed E-state index contributed by atoms with van der Waals surface area (Å²) in [6.45, 7) is 1.87. The SMILES string of the molecule is CNCC1CCC(CCN(C)C(=O)Oc2ccc(Cl)cc2)CC1. The summed E-state index contributed by atoms with van der Waals surface area (Å²) in [5, 5.41) is 3.90. The van der Waals surface area contributed by atoms with E-state index >= 15 is 0 Å². The van der Waals surface area contributed by atoms with Crippen LogP contribution in [0, 0.1) is 11.8 Å². The summed E-state index contributed by atoms with van der Waals surface area (Å²) in [6.07, 6.45) is 5.88. The Morgan fingerprint density at radius 2 is 1.83 bits per heavy atom. The Morgan fingerprint density at radius 3 is 2.43 bits per heavy atom. The average molecular weight is 339 g/mol. The molecule has 0 spiro atoms. The molecule has 0 aliphatic heterocycles. The molecule has 1 aliphatic rings. The van der Waals surface area contributed by atoms with Gasteiger partial charge in [-0.1, -0.05) is 24.4 Å². The lowest BCUT2D eigenvalue weighted by Gasteiger charge is -2.29. The van der Waals surface area contributed by atoms with E-state index in [4.69, 9.17) is 16.3 Å². The highest BCUT2D eigenvalue weighted by Crippen LogP contribution is 2.30. The van der Waals surface area contributed by atoms with Crippen LogP contribution in [0.1, 0.15) is 32.1 Å². The minimum absolute atomic E-state index is 0.309. The zero-order valence-electron chi connectivity index (χ0n) is 14.1. The molecule has 23 heavy (non-hydrogen) atoms. The second-order valence-electron chi connectivity index (χ2n) is 6.48. The summed E-state index contributed by atoms with van der Waals surface area (Å²) in [5.41, 5.74) is 0. The summed E-state index contributed by atoms with van der Waals surface area (Å²) in [7, 11) is 3.82. The monoisotopic (exact) mass is 338 g/mol. The van der Waals surface area contributed by atoms with Crippen molar-refractivity contribution in [2.45, 2.75) is 32.1 Å². The lowest BCUT2D eigenvalue weighted by atomic mass is 9.80. The van der Waals surface area contributed by atoms with Crippen LogP contribution in [0.3, 0.4) is 0 Å². The number of halogens is 1. The maximum Gasteiger partial charge on any atom is 0.414 e. The number of benzene rings is 1. The van der Waals surface area contributed by atoms with E-state index in [-0.39, 0.29) is 6.09 Å². The summed E-state index contributed by atoms with van der Waals surface area (Å²) in [5.74, 6) is 2.08. The molecule has 0 saturated heterocycles. The van der Waals surface area contributed by atoms with Gasteiger partial charge in [-0.3, -0.25) is 0 Å². The van der Waals surface area contributed by atoms with E-state index in [1.165, 1.54) is 25.7 Å². The van der Waals surface area contributed by atoms with Crippen molar-refractivity contribution in [2.24, 2.45) is 11.8 Å². The van der Waals surface area contributed by atoms with Crippen LogP contribution in [-0.4, -0.2) is 38.2 Å². The molecular weight excluding hydrogens is 312 g/mol. The number of hydrogen-bond donors (Lipinski definition) is 1. The highest BCUT2D eigenvalue weighted by Gasteiger charge is 2.21. The molecule has 0 unspecified atom stereocenters. The van der Waals surface area contributed by atoms with Crippen LogP contribution >= 0.6 is 11.6 Å². The first kappa shape index (κ1) is 18.1. The smallest absolute Gasteiger partial charge is 0.410 e. The van der Waals surface area contributed by atoms with Gasteiger partial charge in [-0.2, -0.15) is 0 Å². The van der Waals surface area contributed by atoms with Crippen molar-refractivity contribution in [3.8, 4) is 5.75 Å². The van der Waals surface area contributed by atoms with Gasteiger partial charge in [0, 0.05) is 18.6 Å². The molecule has 0 aromatic heterocycles. The van der Waals surface area contributed by atoms with E-state index in [9.17, 15) is 4.79 Å². The zero-order chi connectivity index (χ0) is 16.7. The molecule has 4 nitrogen and oxygen atoms in total. The van der Waals surface area contributed by atoms with Crippen molar-refractivity contribution in [1.29, 1.82) is 0 Å². The van der Waals surface area contributed by atoms with Crippen molar-refractivity contribution < 1.29 is 9.53 Å². The van der Waals surface area contributed by atoms with E-state index in [0.29, 0.717) is 10.8 Å². The van der Waals surface area contributed by atoms with Crippen LogP contribution in [0.5, 0.6) is 5.75 Å². The minimum Gasteiger partial charge on any atom is -0.410 e. The van der Waals surface area contributed by atoms with E-state index < -0.39 is 0 Å². The molecule has 2 rings (SSSR count). The van der Waals surface area contributed by atoms with E-state index in [1.54, 1.807) is 36.2 Å². The normalized spacial score (nSPS) is 21.0. The van der Waals surface area contributed by atoms with Crippen molar-refractivity contribution >= 4 is 17.7 Å². The number of ether oxygens (including phenoxy) is 1. The van der Waals surface area contributed by atoms with Crippen molar-refractivity contribution in [3.05, 3.63) is 29.3 Å². The Bertz CT molecular complexity index is 484. The van der Waals surface area contributed by atoms with Gasteiger partial charge >= 0.3 is 6.09 Å². The molecule has 0 atom stereocenters. The maximum absolute atomic E-state index is 12.1. The summed E-state index contributed by atoms with van der Waals surface area (Å²) in [6, 6.07) is 6.84. The molecule has 0 heterocycles. The van der Waals surface area contributed by atoms with Crippen LogP contribution < -0.4 is 10.1 Å². The Kier molecular flexibility index (Phi) is 7.18. The van der Waals surface area contributed by atoms with Crippen molar-refractivity contribution in [2.75, 3.05) is 27.2 Å². The molecule has 1 N–H and O–H groups in total. The second kappa shape index (κ2) is 9.14. The first-order valence-corrected chi connectivity index (χ1v) is 8.79. The fourth-order valence-electron chi connectivity index (χ4n) is 3.16. The molecular formula is C18H27ClN2O2. The van der Waals surface area contributed by atoms with Gasteiger partial charge in [0.05, 0.1) is 0 Å². The number of hydrogen-bond acceptors (Lipinski definition) is 3. The number of amides is 1. The topological polar surface area (TPSA) is 41.6 Å². The number of rotatable bonds is 6. The molecule has 0 radical (unpaired) electrons. The van der Waals surface area contributed by atoms with Gasteiger partial charge in [0.2, 0.25) is 0 Å². The number of carbonyl (C=O) groups excluding carboxylic acids is 1. The van der Waals surface area contributed by atoms with Crippen LogP contribution in [-0.2, 0) is 0 Å². The predicted octanol–water partition coefficient (Wildman–Crippen LogP) is 4.19. The second-order valence-corrected chi connectivity index (χ2v) is 6.91. The third-order valence-corrected chi connectivity index (χ3v) is 4.91. The van der Waals surface area contributed by atoms with Gasteiger partial charge in [-0.15, -0.1) is 0 Å². The first-order valence-electron chi connectivity index (χ1n) is 8.41. The average Bonchev–Trinajstić information content (AvgIpc) is 2.56. The first-order chi connectivity index (χ1) is 11.1. The van der Waals surface area contributed by atoms with Gasteiger partial charge in [-0.25, -0.2) is 4.79 Å². The number of nitrogens with zero attached hydrogens (tertiary/aromatic N) is 1. The maximum atomic E-state index is 12.1. The molecule has 1 aromatic rings. The molecule has 1 fully saturated rings. The quantitative estimate of drug-likeness (QED) is 0.845. The Balaban J connectivity index is 1.69. The van der Waals surface area contributed by atoms with Gasteiger partial charge in [0.1, 0.15) is 5.75 Å². The lowest BCUT2D eigenvalue weighted by Crippen LogP contribution is -2.32. The molecule has 1 amide bonds. The van der Waals surface area contributed by atoms with Gasteiger partial charge in [0.15, 0.2) is 0 Å². The van der Waals surface area contributed by atoms with Gasteiger partial charge in [-0.05, 0) is 69.0 Å². The number of carbonyl (C=O) groups is 1. The molecule has 1 aliphatic carbocycles. The summed E-state index contributed by atoms with van der Waals surface area (Å²) in [4.78, 5) is 13.7. The highest BCUT2D eigenvalue weighted by molar-refractivity contribution is 6.30. The fraction of sp³-hybridized carbons (Fsp3) is 0.611. The third-order valence-electron chi connectivity index (χ3n) is 4.66. The Morgan fingerprint density at radius 1 is 1.22 bits per heavy atom. The van der Waals surface area contributed by atoms with Crippen LogP contribution in [0.4, 0.5) is 4.79 Å². The number of nitrogens with one attached hydrogen (secondary N) is 1. The minimum atomic E-state index is -0.309. The van der Waals surface area contributed by atoms with Crippen molar-refractivity contribution in [3.63, 3.8) is 0 Å². The van der Waals surface area contributed by atoms with Crippen LogP contribution in [0.2, 0.25) is 5.02 Å². The third kappa shape index (κ3) is 6.04. The Hall–Kier alpha value is -1.26. The van der Waals surface area contributed by atoms with Crippen LogP contribution in [0.25, 0.3) is 0 Å². The van der Waals surface area contributed by atoms with Gasteiger partial charge in [0.25, 0.3) is 0 Å². The standard InChI is InChI=1S/C18H27ClN2O2/c1-20-13-15-5-3-14(4-6-15)11-12-21(2)18(22)23-17-9-7-16(19)8-10-17/h7-10,14-15,20H,3-6,11-13H2,1-2H3. The van der Waals surface area contributed by atoms with E-state index in [0.717, 1.165) is 31.3 Å². The van der Waals surface area contributed by atoms with Crippen LogP contribution in [0.15, 0.2) is 24.3 Å².